The van der Waals surface area contributed by atoms with Crippen LogP contribution in [0.4, 0.5) is 5.69 Å². The largest absolute Gasteiger partial charge is 0.394 e. The topological polar surface area (TPSA) is 471 Å². The van der Waals surface area contributed by atoms with Gasteiger partial charge in [0.1, 0.15) is 53.4 Å². The number of H-pyrrole nitrogens is 1. The predicted octanol–water partition coefficient (Wildman–Crippen LogP) is -4.33. The predicted molar refractivity (Wildman–Crippen MR) is 346 cm³/mol. The molecular weight excluding hydrogens is 1290 g/mol. The molecule has 2 aromatic carbocycles. The summed E-state index contributed by atoms with van der Waals surface area (Å²) in [6.45, 7) is 6.01. The van der Waals surface area contributed by atoms with E-state index in [1.54, 1.807) is 58.2 Å². The van der Waals surface area contributed by atoms with Crippen LogP contribution in [-0.4, -0.2) is 228 Å². The number of likely N-dealkylation sites (tertiary alicyclic amines) is 1. The molecule has 1 aromatic heterocycles. The minimum absolute atomic E-state index is 0.0347. The maximum absolute atomic E-state index is 15.0. The number of para-hydroxylation sites is 1. The van der Waals surface area contributed by atoms with Gasteiger partial charge in [-0.2, -0.15) is 11.8 Å². The molecule has 0 spiro atoms. The molecule has 14 amide bonds. The number of aliphatic hydroxyl groups is 3. The Morgan fingerprint density at radius 3 is 2.07 bits per heavy atom. The number of aromatic amines is 1. The minimum atomic E-state index is -2.39. The molecule has 3 aromatic rings. The van der Waals surface area contributed by atoms with Gasteiger partial charge in [-0.25, -0.2) is 0 Å². The Bertz CT molecular complexity index is 3500. The van der Waals surface area contributed by atoms with Crippen LogP contribution in [0.1, 0.15) is 84.8 Å². The summed E-state index contributed by atoms with van der Waals surface area (Å²) in [6, 6.07) is 0.0238. The number of nitrogens with one attached hydrogen (secondary N) is 12. The van der Waals surface area contributed by atoms with E-state index in [2.05, 4.69) is 63.5 Å². The monoisotopic (exact) mass is 1380 g/mol. The lowest BCUT2D eigenvalue weighted by Crippen LogP contribution is -2.62. The van der Waals surface area contributed by atoms with Gasteiger partial charge in [0.05, 0.1) is 60.1 Å². The van der Waals surface area contributed by atoms with Gasteiger partial charge in [-0.1, -0.05) is 71.4 Å². The number of nitrogens with zero attached hydrogens (tertiary/aromatic N) is 2. The molecule has 13 unspecified atom stereocenters. The van der Waals surface area contributed by atoms with E-state index in [1.807, 2.05) is 0 Å². The van der Waals surface area contributed by atoms with Crippen molar-refractivity contribution in [1.29, 1.82) is 0 Å². The third-order valence-corrected chi connectivity index (χ3v) is 19.6. The van der Waals surface area contributed by atoms with E-state index in [0.717, 1.165) is 9.80 Å². The van der Waals surface area contributed by atoms with Gasteiger partial charge in [0, 0.05) is 67.8 Å². The Labute approximate surface area is 559 Å². The van der Waals surface area contributed by atoms with Gasteiger partial charge in [0.15, 0.2) is 0 Å². The molecule has 14 atom stereocenters. The number of hydrogen-bond donors (Lipinski definition) is 15. The number of imide groups is 1. The molecule has 2 saturated heterocycles. The third-order valence-electron chi connectivity index (χ3n) is 17.2. The molecule has 15 N–H and O–H groups in total. The first-order chi connectivity index (χ1) is 45.5. The van der Waals surface area contributed by atoms with Crippen LogP contribution in [0.3, 0.4) is 0 Å². The van der Waals surface area contributed by atoms with E-state index in [-0.39, 0.29) is 48.1 Å². The molecule has 2 bridgehead atoms. The van der Waals surface area contributed by atoms with Gasteiger partial charge in [-0.05, 0) is 54.3 Å². The smallest absolute Gasteiger partial charge is 0.246 e. The molecule has 522 valence electrons. The lowest BCUT2D eigenvalue weighted by atomic mass is 9.93. The number of benzene rings is 2. The number of carbonyl (C=O) groups excluding carboxylic acids is 14. The van der Waals surface area contributed by atoms with Gasteiger partial charge in [0.25, 0.3) is 0 Å². The highest BCUT2D eigenvalue weighted by molar-refractivity contribution is 8.00. The number of fused-ring (bicyclic) bond motifs is 5. The van der Waals surface area contributed by atoms with E-state index in [9.17, 15) is 81.9 Å². The summed E-state index contributed by atoms with van der Waals surface area (Å²) in [5.74, 6) is -15.0. The Morgan fingerprint density at radius 2 is 1.42 bits per heavy atom. The normalized spacial score (nSPS) is 25.1. The average molecular weight is 1380 g/mol. The average Bonchev–Trinajstić information content (AvgIpc) is 1.64. The van der Waals surface area contributed by atoms with Crippen LogP contribution >= 0.6 is 11.8 Å². The van der Waals surface area contributed by atoms with Gasteiger partial charge in [-0.15, -0.1) is 0 Å². The fourth-order valence-electron chi connectivity index (χ4n) is 11.3. The fraction of sp³-hybridized carbons (Fsp3) is 0.548. The van der Waals surface area contributed by atoms with Crippen LogP contribution < -0.4 is 58.5 Å². The summed E-state index contributed by atoms with van der Waals surface area (Å²) in [5.41, 5.74) is 1.20. The van der Waals surface area contributed by atoms with Gasteiger partial charge in [-0.3, -0.25) is 76.2 Å². The fourth-order valence-corrected chi connectivity index (χ4v) is 13.3. The van der Waals surface area contributed by atoms with E-state index in [1.165, 1.54) is 49.9 Å². The number of hydrogen-bond acceptors (Lipinski definition) is 19. The molecule has 4 aliphatic heterocycles. The summed E-state index contributed by atoms with van der Waals surface area (Å²) in [6.07, 6.45) is -3.12. The highest BCUT2D eigenvalue weighted by atomic mass is 32.2. The van der Waals surface area contributed by atoms with Crippen molar-refractivity contribution >= 4 is 122 Å². The van der Waals surface area contributed by atoms with Gasteiger partial charge < -0.3 is 83.7 Å². The molecule has 7 rings (SSSR count). The number of anilines is 1. The van der Waals surface area contributed by atoms with Crippen molar-refractivity contribution in [3.63, 3.8) is 0 Å². The van der Waals surface area contributed by atoms with Crippen LogP contribution in [0, 0.1) is 17.8 Å². The summed E-state index contributed by atoms with van der Waals surface area (Å²) < 4.78 is 15.0. The summed E-state index contributed by atoms with van der Waals surface area (Å²) in [7, 11) is -2.39. The first-order valence-corrected chi connectivity index (χ1v) is 34.1. The quantitative estimate of drug-likeness (QED) is 0.0505. The van der Waals surface area contributed by atoms with Crippen LogP contribution in [0.15, 0.2) is 53.6 Å². The second-order valence-electron chi connectivity index (χ2n) is 24.5. The zero-order chi connectivity index (χ0) is 70.4. The summed E-state index contributed by atoms with van der Waals surface area (Å²) in [5, 5.41) is 59.9. The van der Waals surface area contributed by atoms with E-state index in [0.29, 0.717) is 22.9 Å². The van der Waals surface area contributed by atoms with Crippen molar-refractivity contribution in [3.05, 3.63) is 59.7 Å². The molecule has 96 heavy (non-hydrogen) atoms. The van der Waals surface area contributed by atoms with Crippen molar-refractivity contribution < 1.29 is 86.7 Å². The van der Waals surface area contributed by atoms with E-state index >= 15 is 4.79 Å². The number of thioether (sulfide) groups is 1. The highest BCUT2D eigenvalue weighted by Gasteiger charge is 2.46. The number of amides is 14. The van der Waals surface area contributed by atoms with Crippen LogP contribution in [-0.2, 0) is 90.9 Å². The first-order valence-electron chi connectivity index (χ1n) is 31.5. The summed E-state index contributed by atoms with van der Waals surface area (Å²) in [4.78, 5) is 199. The zero-order valence-corrected chi connectivity index (χ0v) is 55.7. The Hall–Kier alpha value is -8.86. The standard InChI is InChI=1S/C62H84N14O18S2/c1-8-30(4)51-57(89)65-24-47(82)68-41-28-96(94)60-37(36-11-9-10-12-38(36)71-60)20-39(54(86)64-25-48(83)73-51)69-59(91)52(31(5)43(79)27-77)74-56(88)42-19-35(78)26-76(42)61(92)40(70-55(41)87)21-46(81)63-23-33-13-15-34(16-14-33)67-53(85)32(6)66-58(90)50(29(2)3)72-45(80)17-18-75-49(84)22-44(95-7)62(75)93/h9-16,29-32,35,39-44,50-52,71,77-79H,8,17-28H2,1-7H3,(H,63,81)(H,64,86)(H,65,89)(H,66,90)(H,67,85)(H,68,82)(H,69,91)(H,70,87)(H,72,80)(H,73,83)(H,74,88)/t30?,31?,32-,35?,39?,40?,41?,42?,43?,44?,50?,51?,52?,96?/m0/s1. The van der Waals surface area contributed by atoms with Crippen molar-refractivity contribution in [2.24, 2.45) is 17.8 Å². The van der Waals surface area contributed by atoms with E-state index in [4.69, 9.17) is 0 Å². The van der Waals surface area contributed by atoms with Gasteiger partial charge >= 0.3 is 0 Å². The maximum atomic E-state index is 15.0. The third kappa shape index (κ3) is 19.0. The number of aliphatic hydroxyl groups excluding tert-OH is 3. The molecule has 32 nitrogen and oxygen atoms in total. The SMILES string of the molecule is CCC(C)C1NC(=O)CNC(=O)C2Cc3c([nH]c4ccccc34)S(=O)CC(NC(=O)CNC1=O)C(=O)NC(CC(=O)NCc1ccc(NC(=O)[C@H](C)NC(=O)C(NC(=O)CCN3C(=O)CC(SC)C3=O)C(C)C)cc1)C(=O)N1CC(O)CC1C(=O)NC(C(C)C(O)CO)C(=O)N2. The number of aromatic nitrogens is 1. The van der Waals surface area contributed by atoms with Crippen molar-refractivity contribution in [3.8, 4) is 0 Å². The van der Waals surface area contributed by atoms with Crippen molar-refractivity contribution in [1.82, 2.24) is 68.0 Å². The number of rotatable bonds is 19. The molecule has 0 saturated carbocycles. The van der Waals surface area contributed by atoms with Crippen LogP contribution in [0.25, 0.3) is 10.9 Å². The molecule has 0 radical (unpaired) electrons. The molecule has 34 heteroatoms. The molecule has 0 aliphatic carbocycles. The Morgan fingerprint density at radius 1 is 0.740 bits per heavy atom. The zero-order valence-electron chi connectivity index (χ0n) is 54.1. The lowest BCUT2D eigenvalue weighted by Gasteiger charge is -2.33. The van der Waals surface area contributed by atoms with E-state index < -0.39 is 222 Å². The maximum Gasteiger partial charge on any atom is 0.246 e. The second kappa shape index (κ2) is 33.7. The molecule has 4 aliphatic rings. The van der Waals surface area contributed by atoms with Crippen molar-refractivity contribution in [2.45, 2.75) is 157 Å². The summed E-state index contributed by atoms with van der Waals surface area (Å²) >= 11 is 1.24. The highest BCUT2D eigenvalue weighted by Crippen LogP contribution is 2.29. The van der Waals surface area contributed by atoms with Crippen molar-refractivity contribution in [2.75, 3.05) is 50.1 Å². The van der Waals surface area contributed by atoms with Crippen LogP contribution in [0.2, 0.25) is 0 Å². The van der Waals surface area contributed by atoms with Crippen LogP contribution in [0.5, 0.6) is 0 Å². The Kier molecular flexibility index (Phi) is 26.2. The number of carbonyl (C=O) groups is 14. The molecular formula is C62H84N14O18S2. The Balaban J connectivity index is 1.14. The molecule has 5 heterocycles. The minimum Gasteiger partial charge on any atom is -0.394 e. The lowest BCUT2D eigenvalue weighted by molar-refractivity contribution is -0.144. The first kappa shape index (κ1) is 74.5. The second-order valence-corrected chi connectivity index (χ2v) is 27.0. The molecule has 2 fully saturated rings. The van der Waals surface area contributed by atoms with Gasteiger partial charge in [0.2, 0.25) is 82.7 Å².